The fourth-order valence-electron chi connectivity index (χ4n) is 6.99. The van der Waals surface area contributed by atoms with E-state index in [0.717, 1.165) is 5.56 Å². The number of fused-ring (bicyclic) bond motifs is 1. The van der Waals surface area contributed by atoms with E-state index in [4.69, 9.17) is 28.4 Å². The smallest absolute Gasteiger partial charge is 0.338 e. The molecule has 0 saturated carbocycles. The fourth-order valence-corrected chi connectivity index (χ4v) is 6.99. The molecule has 0 radical (unpaired) electrons. The second-order valence-corrected chi connectivity index (χ2v) is 15.9. The lowest BCUT2D eigenvalue weighted by Crippen LogP contribution is -2.59. The van der Waals surface area contributed by atoms with Gasteiger partial charge < -0.3 is 64.2 Å². The first-order chi connectivity index (χ1) is 28.6. The van der Waals surface area contributed by atoms with Crippen molar-refractivity contribution in [1.82, 2.24) is 10.2 Å². The summed E-state index contributed by atoms with van der Waals surface area (Å²) in [6, 6.07) is 13.8. The van der Waals surface area contributed by atoms with Gasteiger partial charge in [-0.1, -0.05) is 54.6 Å². The number of carbonyl (C=O) groups excluding carboxylic acids is 4. The van der Waals surface area contributed by atoms with Crippen molar-refractivity contribution in [2.24, 2.45) is 0 Å². The van der Waals surface area contributed by atoms with Gasteiger partial charge in [0.1, 0.15) is 61.2 Å². The highest BCUT2D eigenvalue weighted by atomic mass is 16.7. The van der Waals surface area contributed by atoms with Gasteiger partial charge in [-0.2, -0.15) is 0 Å². The summed E-state index contributed by atoms with van der Waals surface area (Å²) in [5.74, 6) is -2.16. The van der Waals surface area contributed by atoms with Crippen molar-refractivity contribution in [3.05, 3.63) is 89.0 Å². The maximum atomic E-state index is 14.2. The highest BCUT2D eigenvalue weighted by molar-refractivity contribution is 5.97. The van der Waals surface area contributed by atoms with Crippen LogP contribution >= 0.6 is 0 Å². The Hall–Kier alpha value is -4.56. The molecule has 2 fully saturated rings. The van der Waals surface area contributed by atoms with Gasteiger partial charge in [-0.3, -0.25) is 14.4 Å². The van der Waals surface area contributed by atoms with Crippen molar-refractivity contribution in [3.8, 4) is 0 Å². The molecule has 17 nitrogen and oxygen atoms in total. The molecule has 60 heavy (non-hydrogen) atoms. The van der Waals surface area contributed by atoms with Crippen LogP contribution in [-0.4, -0.2) is 155 Å². The molecule has 2 saturated heterocycles. The Morgan fingerprint density at radius 2 is 1.68 bits per heavy atom. The average Bonchev–Trinajstić information content (AvgIpc) is 3.71. The van der Waals surface area contributed by atoms with E-state index >= 15 is 0 Å². The molecule has 3 aliphatic rings. The number of nitrogens with one attached hydrogen (secondary N) is 1. The topological polar surface area (TPSA) is 240 Å². The van der Waals surface area contributed by atoms with Crippen LogP contribution in [0.3, 0.4) is 0 Å². The average molecular weight is 841 g/mol. The number of ether oxygens (including phenoxy) is 6. The van der Waals surface area contributed by atoms with E-state index in [2.05, 4.69) is 5.32 Å². The van der Waals surface area contributed by atoms with Crippen molar-refractivity contribution in [1.29, 1.82) is 0 Å². The number of likely N-dealkylation sites (N-methyl/N-ethyl adjacent to an activating group) is 1. The van der Waals surface area contributed by atoms with Crippen molar-refractivity contribution < 1.29 is 73.1 Å². The van der Waals surface area contributed by atoms with Gasteiger partial charge in [0.05, 0.1) is 31.4 Å². The monoisotopic (exact) mass is 840 g/mol. The highest BCUT2D eigenvalue weighted by Crippen LogP contribution is 2.32. The number of esters is 2. The van der Waals surface area contributed by atoms with Crippen molar-refractivity contribution in [2.45, 2.75) is 113 Å². The molecule has 2 aromatic carbocycles. The van der Waals surface area contributed by atoms with Gasteiger partial charge in [-0.05, 0) is 56.5 Å². The first-order valence-corrected chi connectivity index (χ1v) is 19.9. The predicted octanol–water partition coefficient (Wildman–Crippen LogP) is 0.782. The zero-order chi connectivity index (χ0) is 43.6. The minimum atomic E-state index is -1.55. The Morgan fingerprint density at radius 3 is 2.35 bits per heavy atom. The third-order valence-corrected chi connectivity index (χ3v) is 10.2. The van der Waals surface area contributed by atoms with Crippen molar-refractivity contribution in [3.63, 3.8) is 0 Å². The molecule has 0 aromatic heterocycles. The number of aliphatic hydroxyl groups excluding tert-OH is 5. The van der Waals surface area contributed by atoms with Crippen LogP contribution in [0.5, 0.6) is 0 Å². The number of amides is 2. The number of hydrogen-bond acceptors (Lipinski definition) is 15. The molecule has 2 aromatic rings. The first kappa shape index (κ1) is 46.5. The van der Waals surface area contributed by atoms with E-state index in [1.54, 1.807) is 63.3 Å². The van der Waals surface area contributed by atoms with Crippen LogP contribution in [0, 0.1) is 0 Å². The number of carbonyl (C=O) groups is 4. The molecule has 6 N–H and O–H groups in total. The van der Waals surface area contributed by atoms with Gasteiger partial charge in [0, 0.05) is 31.9 Å². The molecular formula is C43H56N2O15. The maximum Gasteiger partial charge on any atom is 0.338 e. The quantitative estimate of drug-likeness (QED) is 0.121. The van der Waals surface area contributed by atoms with Gasteiger partial charge in [0.15, 0.2) is 6.29 Å². The van der Waals surface area contributed by atoms with E-state index in [1.807, 2.05) is 30.3 Å². The lowest BCUT2D eigenvalue weighted by atomic mass is 9.90. The summed E-state index contributed by atoms with van der Waals surface area (Å²) in [5.41, 5.74) is 1.27. The SMILES string of the molecule is CN(C(=O)C1=CC2OCOC2C(OC(=O)c2ccc(C=CCOC3OC(CO)C(O)C(O)C3O)cc2)C1)C(Cc1ccccc1)C(=O)NC(CO)CCC(=O)OC(C)(C)C. The molecule has 10 unspecified atom stereocenters. The fraction of sp³-hybridized carbons (Fsp3) is 0.535. The lowest BCUT2D eigenvalue weighted by molar-refractivity contribution is -0.298. The Kier molecular flexibility index (Phi) is 16.5. The lowest BCUT2D eigenvalue weighted by Gasteiger charge is -2.39. The summed E-state index contributed by atoms with van der Waals surface area (Å²) in [6.07, 6.45) is -4.09. The molecule has 0 bridgehead atoms. The van der Waals surface area contributed by atoms with Gasteiger partial charge in [-0.15, -0.1) is 0 Å². The predicted molar refractivity (Wildman–Crippen MR) is 213 cm³/mol. The van der Waals surface area contributed by atoms with Crippen LogP contribution in [0.4, 0.5) is 0 Å². The maximum absolute atomic E-state index is 14.2. The van der Waals surface area contributed by atoms with Gasteiger partial charge in [-0.25, -0.2) is 4.79 Å². The summed E-state index contributed by atoms with van der Waals surface area (Å²) >= 11 is 0. The van der Waals surface area contributed by atoms with Crippen LogP contribution in [0.1, 0.15) is 61.5 Å². The first-order valence-electron chi connectivity index (χ1n) is 19.9. The minimum absolute atomic E-state index is 0.0243. The minimum Gasteiger partial charge on any atom is -0.460 e. The van der Waals surface area contributed by atoms with Crippen molar-refractivity contribution in [2.75, 3.05) is 33.7 Å². The highest BCUT2D eigenvalue weighted by Gasteiger charge is 2.45. The summed E-state index contributed by atoms with van der Waals surface area (Å²) in [7, 11) is 1.50. The molecule has 17 heteroatoms. The molecule has 5 rings (SSSR count). The van der Waals surface area contributed by atoms with E-state index in [9.17, 15) is 44.7 Å². The summed E-state index contributed by atoms with van der Waals surface area (Å²) < 4.78 is 33.6. The number of nitrogens with zero attached hydrogens (tertiary/aromatic N) is 1. The van der Waals surface area contributed by atoms with Gasteiger partial charge in [0.2, 0.25) is 11.8 Å². The Morgan fingerprint density at radius 1 is 0.967 bits per heavy atom. The molecular weight excluding hydrogens is 784 g/mol. The van der Waals surface area contributed by atoms with E-state index < -0.39 is 104 Å². The molecule has 1 aliphatic carbocycles. The molecule has 328 valence electrons. The Bertz CT molecular complexity index is 1810. The number of rotatable bonds is 17. The standard InChI is InChI=1S/C43H56N2O15/c1-43(2,3)60-34(48)17-16-29(22-46)44-39(52)30(19-26-9-6-5-7-10-26)45(4)40(53)28-20-31-38(57-24-56-31)32(21-28)58-41(54)27-14-12-25(13-15-27)11-8-18-55-42-37(51)36(50)35(49)33(23-47)59-42/h5-15,20,29-33,35-38,42,46-47,49-51H,16-19,21-24H2,1-4H3,(H,44,52). The summed E-state index contributed by atoms with van der Waals surface area (Å²) in [6.45, 7) is 4.11. The van der Waals surface area contributed by atoms with Crippen LogP contribution in [0.15, 0.2) is 72.3 Å². The summed E-state index contributed by atoms with van der Waals surface area (Å²) in [5, 5.41) is 52.3. The molecule has 2 heterocycles. The van der Waals surface area contributed by atoms with Crippen LogP contribution in [0.2, 0.25) is 0 Å². The number of hydrogen-bond donors (Lipinski definition) is 6. The molecule has 2 aliphatic heterocycles. The largest absolute Gasteiger partial charge is 0.460 e. The van der Waals surface area contributed by atoms with E-state index in [0.29, 0.717) is 5.56 Å². The van der Waals surface area contributed by atoms with Gasteiger partial charge in [0.25, 0.3) is 0 Å². The zero-order valence-electron chi connectivity index (χ0n) is 34.1. The number of benzene rings is 2. The van der Waals surface area contributed by atoms with Gasteiger partial charge >= 0.3 is 11.9 Å². The van der Waals surface area contributed by atoms with Crippen LogP contribution in [0.25, 0.3) is 6.08 Å². The Labute approximate surface area is 348 Å². The molecule has 2 amide bonds. The second kappa shape index (κ2) is 21.3. The normalized spacial score (nSPS) is 26.4. The summed E-state index contributed by atoms with van der Waals surface area (Å²) in [4.78, 5) is 55.1. The zero-order valence-corrected chi connectivity index (χ0v) is 34.1. The van der Waals surface area contributed by atoms with Crippen molar-refractivity contribution >= 4 is 29.8 Å². The van der Waals surface area contributed by atoms with Crippen LogP contribution in [-0.2, 0) is 49.2 Å². The number of aliphatic hydroxyl groups is 5. The second-order valence-electron chi connectivity index (χ2n) is 15.9. The van der Waals surface area contributed by atoms with E-state index in [1.165, 1.54) is 11.9 Å². The third-order valence-electron chi connectivity index (χ3n) is 10.2. The molecule has 0 spiro atoms. The molecule has 10 atom stereocenters. The van der Waals surface area contributed by atoms with Crippen LogP contribution < -0.4 is 5.32 Å². The van der Waals surface area contributed by atoms with E-state index in [-0.39, 0.29) is 50.2 Å². The Balaban J connectivity index is 1.21. The third kappa shape index (κ3) is 12.5.